The van der Waals surface area contributed by atoms with Gasteiger partial charge in [-0.25, -0.2) is 0 Å². The van der Waals surface area contributed by atoms with Crippen molar-refractivity contribution in [2.75, 3.05) is 11.9 Å². The molecule has 2 amide bonds. The Morgan fingerprint density at radius 1 is 0.933 bits per heavy atom. The first-order valence-corrected chi connectivity index (χ1v) is 9.91. The molecule has 0 bridgehead atoms. The molecule has 0 spiro atoms. The molecular weight excluding hydrogens is 376 g/mol. The van der Waals surface area contributed by atoms with Gasteiger partial charge < -0.3 is 16.4 Å². The van der Waals surface area contributed by atoms with Gasteiger partial charge in [-0.1, -0.05) is 49.4 Å². The van der Waals surface area contributed by atoms with Gasteiger partial charge in [0, 0.05) is 42.7 Å². The molecule has 0 fully saturated rings. The highest BCUT2D eigenvalue weighted by atomic mass is 16.2. The minimum atomic E-state index is -0.436. The summed E-state index contributed by atoms with van der Waals surface area (Å²) in [5, 5.41) is 5.76. The number of anilines is 1. The van der Waals surface area contributed by atoms with Gasteiger partial charge in [0.05, 0.1) is 0 Å². The Balaban J connectivity index is 1.49. The average Bonchev–Trinajstić information content (AvgIpc) is 2.78. The summed E-state index contributed by atoms with van der Waals surface area (Å²) < 4.78 is 0. The van der Waals surface area contributed by atoms with Crippen LogP contribution in [-0.2, 0) is 4.79 Å². The maximum atomic E-state index is 12.3. The summed E-state index contributed by atoms with van der Waals surface area (Å²) >= 11 is 0. The maximum absolute atomic E-state index is 12.3. The number of carbonyl (C=O) groups excluding carboxylic acids is 2. The van der Waals surface area contributed by atoms with E-state index in [0.717, 1.165) is 5.56 Å². The summed E-state index contributed by atoms with van der Waals surface area (Å²) in [6.45, 7) is 2.63. The molecule has 4 N–H and O–H groups in total. The zero-order valence-corrected chi connectivity index (χ0v) is 16.9. The lowest BCUT2D eigenvalue weighted by atomic mass is 10.0. The number of benzene rings is 2. The first-order chi connectivity index (χ1) is 14.5. The molecule has 30 heavy (non-hydrogen) atoms. The number of aromatic nitrogens is 1. The zero-order valence-electron chi connectivity index (χ0n) is 16.9. The molecule has 0 radical (unpaired) electrons. The van der Waals surface area contributed by atoms with Gasteiger partial charge >= 0.3 is 0 Å². The average molecular weight is 402 g/mol. The van der Waals surface area contributed by atoms with Crippen LogP contribution in [0.15, 0.2) is 79.1 Å². The summed E-state index contributed by atoms with van der Waals surface area (Å²) in [5.74, 6) is -0.0803. The van der Waals surface area contributed by atoms with Gasteiger partial charge in [0.2, 0.25) is 5.91 Å². The zero-order chi connectivity index (χ0) is 21.3. The van der Waals surface area contributed by atoms with Gasteiger partial charge in [-0.3, -0.25) is 14.6 Å². The van der Waals surface area contributed by atoms with Crippen molar-refractivity contribution in [2.45, 2.75) is 25.3 Å². The molecule has 0 saturated heterocycles. The fourth-order valence-corrected chi connectivity index (χ4v) is 3.08. The van der Waals surface area contributed by atoms with Crippen molar-refractivity contribution in [2.24, 2.45) is 5.73 Å². The highest BCUT2D eigenvalue weighted by molar-refractivity contribution is 6.04. The molecule has 0 aliphatic rings. The Morgan fingerprint density at radius 2 is 1.60 bits per heavy atom. The summed E-state index contributed by atoms with van der Waals surface area (Å²) in [6.07, 6.45) is 3.41. The monoisotopic (exact) mass is 402 g/mol. The maximum Gasteiger partial charge on any atom is 0.255 e. The molecule has 2 atom stereocenters. The van der Waals surface area contributed by atoms with Gasteiger partial charge in [-0.05, 0) is 41.3 Å². The van der Waals surface area contributed by atoms with E-state index >= 15 is 0 Å². The van der Waals surface area contributed by atoms with Gasteiger partial charge in [0.1, 0.15) is 0 Å². The van der Waals surface area contributed by atoms with Crippen LogP contribution in [0.3, 0.4) is 0 Å². The number of amides is 2. The standard InChI is InChI=1S/C24H26N4O2/c1-17(18-5-3-2-4-6-18)16-27-23(29)15-22(25)19-7-9-20(10-8-19)24(30)28-21-11-13-26-14-12-21/h2-14,17,22H,15-16,25H2,1H3,(H,27,29)(H,26,28,30). The lowest BCUT2D eigenvalue weighted by Crippen LogP contribution is -2.30. The van der Waals surface area contributed by atoms with Crippen LogP contribution in [0.2, 0.25) is 0 Å². The largest absolute Gasteiger partial charge is 0.355 e. The van der Waals surface area contributed by atoms with E-state index in [1.807, 2.05) is 18.2 Å². The number of nitrogens with zero attached hydrogens (tertiary/aromatic N) is 1. The van der Waals surface area contributed by atoms with Crippen molar-refractivity contribution in [3.63, 3.8) is 0 Å². The van der Waals surface area contributed by atoms with Crippen molar-refractivity contribution in [3.05, 3.63) is 95.8 Å². The summed E-state index contributed by atoms with van der Waals surface area (Å²) in [5.41, 5.74) is 9.38. The van der Waals surface area contributed by atoms with Crippen LogP contribution in [0.5, 0.6) is 0 Å². The Labute approximate surface area is 176 Å². The van der Waals surface area contributed by atoms with Crippen LogP contribution in [0.4, 0.5) is 5.69 Å². The third-order valence-electron chi connectivity index (χ3n) is 4.92. The second-order valence-electron chi connectivity index (χ2n) is 7.24. The molecule has 2 aromatic carbocycles. The topological polar surface area (TPSA) is 97.1 Å². The number of carbonyl (C=O) groups is 2. The number of nitrogens with one attached hydrogen (secondary N) is 2. The summed E-state index contributed by atoms with van der Waals surface area (Å²) in [4.78, 5) is 28.5. The van der Waals surface area contributed by atoms with Crippen molar-refractivity contribution in [1.29, 1.82) is 0 Å². The predicted octanol–water partition coefficient (Wildman–Crippen LogP) is 3.64. The van der Waals surface area contributed by atoms with Crippen LogP contribution >= 0.6 is 0 Å². The smallest absolute Gasteiger partial charge is 0.255 e. The third-order valence-corrected chi connectivity index (χ3v) is 4.92. The van der Waals surface area contributed by atoms with Gasteiger partial charge in [0.15, 0.2) is 0 Å². The van der Waals surface area contributed by atoms with Crippen LogP contribution in [-0.4, -0.2) is 23.3 Å². The molecular formula is C24H26N4O2. The summed E-state index contributed by atoms with van der Waals surface area (Å²) in [6, 6.07) is 20.1. The van der Waals surface area contributed by atoms with E-state index in [2.05, 4.69) is 34.7 Å². The van der Waals surface area contributed by atoms with E-state index in [1.54, 1.807) is 48.8 Å². The van der Waals surface area contributed by atoms with Gasteiger partial charge in [-0.2, -0.15) is 0 Å². The lowest BCUT2D eigenvalue weighted by Gasteiger charge is -2.16. The third kappa shape index (κ3) is 5.99. The van der Waals surface area contributed by atoms with Crippen LogP contribution in [0.1, 0.15) is 46.8 Å². The van der Waals surface area contributed by atoms with Crippen molar-refractivity contribution in [1.82, 2.24) is 10.3 Å². The second kappa shape index (κ2) is 10.3. The Morgan fingerprint density at radius 3 is 2.27 bits per heavy atom. The molecule has 1 aromatic heterocycles. The number of pyridine rings is 1. The summed E-state index contributed by atoms with van der Waals surface area (Å²) in [7, 11) is 0. The van der Waals surface area contributed by atoms with Crippen LogP contribution in [0, 0.1) is 0 Å². The van der Waals surface area contributed by atoms with E-state index < -0.39 is 6.04 Å². The molecule has 0 saturated carbocycles. The molecule has 3 aromatic rings. The molecule has 2 unspecified atom stereocenters. The number of nitrogens with two attached hydrogens (primary N) is 1. The molecule has 0 aliphatic carbocycles. The van der Waals surface area contributed by atoms with Crippen LogP contribution in [0.25, 0.3) is 0 Å². The number of hydrogen-bond acceptors (Lipinski definition) is 4. The second-order valence-corrected chi connectivity index (χ2v) is 7.24. The highest BCUT2D eigenvalue weighted by Gasteiger charge is 2.14. The highest BCUT2D eigenvalue weighted by Crippen LogP contribution is 2.17. The molecule has 0 aliphatic heterocycles. The van der Waals surface area contributed by atoms with E-state index in [1.165, 1.54) is 5.56 Å². The van der Waals surface area contributed by atoms with Crippen LogP contribution < -0.4 is 16.4 Å². The molecule has 3 rings (SSSR count). The fourth-order valence-electron chi connectivity index (χ4n) is 3.08. The number of rotatable bonds is 8. The van der Waals surface area contributed by atoms with Gasteiger partial charge in [-0.15, -0.1) is 0 Å². The fraction of sp³-hybridized carbons (Fsp3) is 0.208. The van der Waals surface area contributed by atoms with Crippen molar-refractivity contribution in [3.8, 4) is 0 Å². The van der Waals surface area contributed by atoms with E-state index in [0.29, 0.717) is 17.8 Å². The first-order valence-electron chi connectivity index (χ1n) is 9.91. The molecule has 6 heteroatoms. The van der Waals surface area contributed by atoms with E-state index in [9.17, 15) is 9.59 Å². The minimum Gasteiger partial charge on any atom is -0.355 e. The number of hydrogen-bond donors (Lipinski definition) is 3. The van der Waals surface area contributed by atoms with Gasteiger partial charge in [0.25, 0.3) is 5.91 Å². The van der Waals surface area contributed by atoms with Crippen molar-refractivity contribution < 1.29 is 9.59 Å². The predicted molar refractivity (Wildman–Crippen MR) is 118 cm³/mol. The quantitative estimate of drug-likeness (QED) is 0.536. The molecule has 6 nitrogen and oxygen atoms in total. The minimum absolute atomic E-state index is 0.0928. The van der Waals surface area contributed by atoms with E-state index in [-0.39, 0.29) is 24.2 Å². The first kappa shape index (κ1) is 21.2. The molecule has 1 heterocycles. The molecule has 154 valence electrons. The Hall–Kier alpha value is -3.51. The van der Waals surface area contributed by atoms with E-state index in [4.69, 9.17) is 5.73 Å². The lowest BCUT2D eigenvalue weighted by molar-refractivity contribution is -0.121. The Bertz CT molecular complexity index is 960. The van der Waals surface area contributed by atoms with Crippen molar-refractivity contribution >= 4 is 17.5 Å². The normalized spacial score (nSPS) is 12.6. The Kier molecular flexibility index (Phi) is 7.29. The SMILES string of the molecule is CC(CNC(=O)CC(N)c1ccc(C(=O)Nc2ccncc2)cc1)c1ccccc1.